The number of furan rings is 1. The van der Waals surface area contributed by atoms with Gasteiger partial charge in [0.25, 0.3) is 5.91 Å². The number of nitrogens with one attached hydrogen (secondary N) is 1. The Kier molecular flexibility index (Phi) is 4.75. The first-order valence-corrected chi connectivity index (χ1v) is 8.58. The molecule has 0 bridgehead atoms. The lowest BCUT2D eigenvalue weighted by atomic mass is 10.2. The molecule has 144 valence electrons. The van der Waals surface area contributed by atoms with E-state index in [1.54, 1.807) is 21.9 Å². The standard InChI is InChI=1S/C18H16FN5O4/c19-13-5-3-12(4-6-13)15-21-22-17(28-15)20-18(26)24-9-7-23(8-10-24)16(25)14-2-1-11-27-14/h1-6,11H,7-10H2,(H,20,22,26). The molecular weight excluding hydrogens is 369 g/mol. The van der Waals surface area contributed by atoms with Gasteiger partial charge in [-0.05, 0) is 36.4 Å². The molecule has 1 aliphatic heterocycles. The molecule has 0 atom stereocenters. The lowest BCUT2D eigenvalue weighted by Crippen LogP contribution is -2.51. The summed E-state index contributed by atoms with van der Waals surface area (Å²) in [5.41, 5.74) is 0.541. The third-order valence-corrected chi connectivity index (χ3v) is 4.32. The van der Waals surface area contributed by atoms with Crippen molar-refractivity contribution in [2.24, 2.45) is 0 Å². The topological polar surface area (TPSA) is 105 Å². The lowest BCUT2D eigenvalue weighted by molar-refractivity contribution is 0.0640. The molecule has 0 radical (unpaired) electrons. The summed E-state index contributed by atoms with van der Waals surface area (Å²) >= 11 is 0. The second kappa shape index (κ2) is 7.51. The van der Waals surface area contributed by atoms with Gasteiger partial charge >= 0.3 is 12.0 Å². The van der Waals surface area contributed by atoms with E-state index in [-0.39, 0.29) is 29.4 Å². The number of carbonyl (C=O) groups is 2. The molecule has 3 amide bonds. The molecular formula is C18H16FN5O4. The van der Waals surface area contributed by atoms with E-state index in [1.807, 2.05) is 0 Å². The van der Waals surface area contributed by atoms with Crippen molar-refractivity contribution in [2.75, 3.05) is 31.5 Å². The second-order valence-electron chi connectivity index (χ2n) is 6.11. The summed E-state index contributed by atoms with van der Waals surface area (Å²) in [4.78, 5) is 27.8. The van der Waals surface area contributed by atoms with Crippen molar-refractivity contribution in [3.8, 4) is 11.5 Å². The fourth-order valence-corrected chi connectivity index (χ4v) is 2.82. The number of piperazine rings is 1. The van der Waals surface area contributed by atoms with Crippen molar-refractivity contribution in [1.82, 2.24) is 20.0 Å². The lowest BCUT2D eigenvalue weighted by Gasteiger charge is -2.33. The molecule has 0 spiro atoms. The Bertz CT molecular complexity index is 962. The second-order valence-corrected chi connectivity index (χ2v) is 6.11. The minimum Gasteiger partial charge on any atom is -0.459 e. The van der Waals surface area contributed by atoms with Crippen molar-refractivity contribution >= 4 is 18.0 Å². The summed E-state index contributed by atoms with van der Waals surface area (Å²) in [5, 5.41) is 10.2. The number of nitrogens with zero attached hydrogens (tertiary/aromatic N) is 4. The van der Waals surface area contributed by atoms with Crippen LogP contribution in [0.15, 0.2) is 51.5 Å². The minimum absolute atomic E-state index is 0.0570. The summed E-state index contributed by atoms with van der Waals surface area (Å²) in [6.45, 7) is 1.49. The van der Waals surface area contributed by atoms with Gasteiger partial charge in [-0.25, -0.2) is 9.18 Å². The number of amides is 3. The van der Waals surface area contributed by atoms with Gasteiger partial charge in [-0.3, -0.25) is 10.1 Å². The zero-order valence-electron chi connectivity index (χ0n) is 14.7. The van der Waals surface area contributed by atoms with Crippen LogP contribution in [0.2, 0.25) is 0 Å². The van der Waals surface area contributed by atoms with Crippen LogP contribution < -0.4 is 5.32 Å². The Morgan fingerprint density at radius 1 is 1.00 bits per heavy atom. The summed E-state index contributed by atoms with van der Waals surface area (Å²) < 4.78 is 23.5. The largest absolute Gasteiger partial charge is 0.459 e. The van der Waals surface area contributed by atoms with Gasteiger partial charge < -0.3 is 18.6 Å². The van der Waals surface area contributed by atoms with Gasteiger partial charge in [0, 0.05) is 31.7 Å². The van der Waals surface area contributed by atoms with Crippen molar-refractivity contribution in [1.29, 1.82) is 0 Å². The van der Waals surface area contributed by atoms with Gasteiger partial charge in [0.05, 0.1) is 6.26 Å². The number of hydrogen-bond acceptors (Lipinski definition) is 6. The molecule has 0 saturated carbocycles. The molecule has 0 aliphatic carbocycles. The molecule has 3 heterocycles. The van der Waals surface area contributed by atoms with Gasteiger partial charge in [-0.2, -0.15) is 0 Å². The molecule has 1 saturated heterocycles. The quantitative estimate of drug-likeness (QED) is 0.743. The minimum atomic E-state index is -0.403. The van der Waals surface area contributed by atoms with E-state index in [0.29, 0.717) is 31.7 Å². The molecule has 2 aromatic heterocycles. The monoisotopic (exact) mass is 385 g/mol. The van der Waals surface area contributed by atoms with Crippen LogP contribution in [0, 0.1) is 5.82 Å². The van der Waals surface area contributed by atoms with Crippen molar-refractivity contribution in [3.63, 3.8) is 0 Å². The van der Waals surface area contributed by atoms with Crippen molar-refractivity contribution in [3.05, 3.63) is 54.2 Å². The van der Waals surface area contributed by atoms with Gasteiger partial charge in [0.1, 0.15) is 5.82 Å². The van der Waals surface area contributed by atoms with E-state index in [2.05, 4.69) is 15.5 Å². The molecule has 0 unspecified atom stereocenters. The van der Waals surface area contributed by atoms with Crippen LogP contribution in [0.4, 0.5) is 15.2 Å². The first-order chi connectivity index (χ1) is 13.6. The zero-order chi connectivity index (χ0) is 19.5. The maximum Gasteiger partial charge on any atom is 0.325 e. The number of anilines is 1. The number of halogens is 1. The van der Waals surface area contributed by atoms with Crippen molar-refractivity contribution in [2.45, 2.75) is 0 Å². The van der Waals surface area contributed by atoms with Crippen LogP contribution in [0.5, 0.6) is 0 Å². The highest BCUT2D eigenvalue weighted by Crippen LogP contribution is 2.20. The molecule has 10 heteroatoms. The van der Waals surface area contributed by atoms with E-state index in [1.165, 1.54) is 30.5 Å². The molecule has 1 fully saturated rings. The third kappa shape index (κ3) is 3.70. The van der Waals surface area contributed by atoms with Gasteiger partial charge in [-0.1, -0.05) is 5.10 Å². The van der Waals surface area contributed by atoms with Gasteiger partial charge in [-0.15, -0.1) is 5.10 Å². The van der Waals surface area contributed by atoms with Crippen LogP contribution in [-0.4, -0.2) is 58.1 Å². The van der Waals surface area contributed by atoms with Crippen LogP contribution in [0.25, 0.3) is 11.5 Å². The zero-order valence-corrected chi connectivity index (χ0v) is 14.7. The predicted octanol–water partition coefficient (Wildman–Crippen LogP) is 2.46. The van der Waals surface area contributed by atoms with Gasteiger partial charge in [0.2, 0.25) is 5.89 Å². The number of hydrogen-bond donors (Lipinski definition) is 1. The third-order valence-electron chi connectivity index (χ3n) is 4.32. The van der Waals surface area contributed by atoms with Crippen LogP contribution in [0.3, 0.4) is 0 Å². The highest BCUT2D eigenvalue weighted by Gasteiger charge is 2.26. The first kappa shape index (κ1) is 17.7. The van der Waals surface area contributed by atoms with Crippen LogP contribution >= 0.6 is 0 Å². The first-order valence-electron chi connectivity index (χ1n) is 8.58. The van der Waals surface area contributed by atoms with Crippen molar-refractivity contribution < 1.29 is 22.8 Å². The summed E-state index contributed by atoms with van der Waals surface area (Å²) in [6, 6.07) is 8.37. The highest BCUT2D eigenvalue weighted by atomic mass is 19.1. The Morgan fingerprint density at radius 2 is 1.71 bits per heavy atom. The number of rotatable bonds is 3. The Labute approximate surface area is 158 Å². The SMILES string of the molecule is O=C(Nc1nnc(-c2ccc(F)cc2)o1)N1CCN(C(=O)c2ccco2)CC1. The van der Waals surface area contributed by atoms with Crippen LogP contribution in [-0.2, 0) is 0 Å². The molecule has 28 heavy (non-hydrogen) atoms. The predicted molar refractivity (Wildman–Crippen MR) is 94.9 cm³/mol. The van der Waals surface area contributed by atoms with E-state index >= 15 is 0 Å². The van der Waals surface area contributed by atoms with E-state index in [0.717, 1.165) is 0 Å². The number of carbonyl (C=O) groups excluding carboxylic acids is 2. The number of aromatic nitrogens is 2. The normalized spacial score (nSPS) is 14.2. The van der Waals surface area contributed by atoms with Crippen LogP contribution in [0.1, 0.15) is 10.6 Å². The molecule has 4 rings (SSSR count). The molecule has 9 nitrogen and oxygen atoms in total. The average Bonchev–Trinajstić information content (AvgIpc) is 3.40. The fourth-order valence-electron chi connectivity index (χ4n) is 2.82. The van der Waals surface area contributed by atoms with E-state index in [9.17, 15) is 14.0 Å². The summed E-state index contributed by atoms with van der Waals surface area (Å²) in [7, 11) is 0. The molecule has 1 aromatic carbocycles. The summed E-state index contributed by atoms with van der Waals surface area (Å²) in [6.07, 6.45) is 1.45. The Hall–Kier alpha value is -3.69. The number of benzene rings is 1. The maximum absolute atomic E-state index is 13.0. The molecule has 1 N–H and O–H groups in total. The fraction of sp³-hybridized carbons (Fsp3) is 0.222. The highest BCUT2D eigenvalue weighted by molar-refractivity contribution is 5.92. The van der Waals surface area contributed by atoms with E-state index in [4.69, 9.17) is 8.83 Å². The average molecular weight is 385 g/mol. The van der Waals surface area contributed by atoms with Gasteiger partial charge in [0.15, 0.2) is 5.76 Å². The molecule has 1 aliphatic rings. The Morgan fingerprint density at radius 3 is 2.39 bits per heavy atom. The summed E-state index contributed by atoms with van der Waals surface area (Å²) in [5.74, 6) is -0.131. The Balaban J connectivity index is 1.32. The maximum atomic E-state index is 13.0. The van der Waals surface area contributed by atoms with E-state index < -0.39 is 6.03 Å². The smallest absolute Gasteiger partial charge is 0.325 e. The molecule has 3 aromatic rings. The number of urea groups is 1.